The maximum absolute atomic E-state index is 13.1. The summed E-state index contributed by atoms with van der Waals surface area (Å²) in [6.07, 6.45) is 16.5. The molecule has 3 aliphatic heterocycles. The Kier molecular flexibility index (Phi) is 7.21. The van der Waals surface area contributed by atoms with E-state index in [-0.39, 0.29) is 17.9 Å². The molecule has 0 aromatic heterocycles. The molecule has 5 nitrogen and oxygen atoms in total. The first-order valence-corrected chi connectivity index (χ1v) is 13.2. The first-order chi connectivity index (χ1) is 16.6. The molecule has 5 rings (SSSR count). The summed E-state index contributed by atoms with van der Waals surface area (Å²) in [5, 5.41) is 10.3. The van der Waals surface area contributed by atoms with Crippen molar-refractivity contribution in [3.05, 3.63) is 66.3 Å². The minimum absolute atomic E-state index is 0.0457. The number of piperidine rings is 1. The van der Waals surface area contributed by atoms with Crippen molar-refractivity contribution < 1.29 is 9.90 Å². The predicted molar refractivity (Wildman–Crippen MR) is 137 cm³/mol. The standard InChI is InChI=1S/C29H39N3O2/c1-2-16-30-19-15-25-13-14-26(21-30)32(25)28(24-7-6-8-27(33)20-24)22-9-11-23(12-10-22)29(34)31-17-4-3-5-18-31/h2,6-11,20,23,25-26,28,33H,1,3-5,12-19,21H2. The van der Waals surface area contributed by atoms with E-state index in [9.17, 15) is 9.90 Å². The van der Waals surface area contributed by atoms with Gasteiger partial charge >= 0.3 is 0 Å². The van der Waals surface area contributed by atoms with Crippen molar-refractivity contribution in [2.24, 2.45) is 5.92 Å². The van der Waals surface area contributed by atoms with Crippen LogP contribution in [0.4, 0.5) is 0 Å². The highest BCUT2D eigenvalue weighted by Gasteiger charge is 2.42. The second kappa shape index (κ2) is 10.5. The van der Waals surface area contributed by atoms with Crippen LogP contribution in [-0.2, 0) is 4.79 Å². The van der Waals surface area contributed by atoms with Gasteiger partial charge in [-0.15, -0.1) is 6.58 Å². The maximum atomic E-state index is 13.1. The number of nitrogens with zero attached hydrogens (tertiary/aromatic N) is 3. The van der Waals surface area contributed by atoms with E-state index in [0.717, 1.165) is 64.0 Å². The first kappa shape index (κ1) is 23.4. The molecular weight excluding hydrogens is 422 g/mol. The Morgan fingerprint density at radius 1 is 1.12 bits per heavy atom. The summed E-state index contributed by atoms with van der Waals surface area (Å²) >= 11 is 0. The number of rotatable bonds is 6. The molecule has 1 aromatic rings. The molecule has 1 aliphatic carbocycles. The average molecular weight is 462 g/mol. The van der Waals surface area contributed by atoms with Crippen LogP contribution >= 0.6 is 0 Å². The number of allylic oxidation sites excluding steroid dienone is 1. The number of phenolic OH excluding ortho intramolecular Hbond substituents is 1. The molecule has 34 heavy (non-hydrogen) atoms. The molecule has 5 heteroatoms. The Morgan fingerprint density at radius 3 is 2.68 bits per heavy atom. The Labute approximate surface area is 204 Å². The normalized spacial score (nSPS) is 28.9. The van der Waals surface area contributed by atoms with Gasteiger partial charge in [-0.2, -0.15) is 0 Å². The van der Waals surface area contributed by atoms with Crippen LogP contribution in [-0.4, -0.2) is 70.5 Å². The van der Waals surface area contributed by atoms with E-state index in [1.807, 2.05) is 18.2 Å². The Balaban J connectivity index is 1.40. The molecule has 182 valence electrons. The van der Waals surface area contributed by atoms with Crippen molar-refractivity contribution in [1.82, 2.24) is 14.7 Å². The zero-order valence-corrected chi connectivity index (χ0v) is 20.3. The fraction of sp³-hybridized carbons (Fsp3) is 0.552. The molecule has 2 bridgehead atoms. The lowest BCUT2D eigenvalue weighted by Gasteiger charge is -2.38. The van der Waals surface area contributed by atoms with E-state index in [1.165, 1.54) is 24.8 Å². The second-order valence-corrected chi connectivity index (χ2v) is 10.5. The monoisotopic (exact) mass is 461 g/mol. The lowest BCUT2D eigenvalue weighted by atomic mass is 9.87. The highest BCUT2D eigenvalue weighted by Crippen LogP contribution is 2.43. The van der Waals surface area contributed by atoms with E-state index in [1.54, 1.807) is 6.07 Å². The highest BCUT2D eigenvalue weighted by atomic mass is 16.3. The van der Waals surface area contributed by atoms with Gasteiger partial charge in [-0.05, 0) is 68.2 Å². The van der Waals surface area contributed by atoms with E-state index < -0.39 is 0 Å². The molecule has 1 aromatic carbocycles. The van der Waals surface area contributed by atoms with Crippen molar-refractivity contribution in [2.45, 2.75) is 63.1 Å². The minimum Gasteiger partial charge on any atom is -0.508 e. The third-order valence-electron chi connectivity index (χ3n) is 8.22. The van der Waals surface area contributed by atoms with Crippen molar-refractivity contribution in [1.29, 1.82) is 0 Å². The van der Waals surface area contributed by atoms with Crippen LogP contribution in [0.15, 0.2) is 60.7 Å². The summed E-state index contributed by atoms with van der Waals surface area (Å²) in [4.78, 5) is 20.4. The second-order valence-electron chi connectivity index (χ2n) is 10.5. The Morgan fingerprint density at radius 2 is 1.94 bits per heavy atom. The zero-order valence-electron chi connectivity index (χ0n) is 20.3. The van der Waals surface area contributed by atoms with E-state index in [0.29, 0.717) is 17.8 Å². The molecule has 3 saturated heterocycles. The molecule has 4 unspecified atom stereocenters. The van der Waals surface area contributed by atoms with Crippen LogP contribution < -0.4 is 0 Å². The third kappa shape index (κ3) is 4.87. The fourth-order valence-electron chi connectivity index (χ4n) is 6.55. The average Bonchev–Trinajstić information content (AvgIpc) is 3.16. The van der Waals surface area contributed by atoms with Gasteiger partial charge in [0.2, 0.25) is 5.91 Å². The molecule has 1 N–H and O–H groups in total. The molecule has 3 fully saturated rings. The number of hydrogen-bond acceptors (Lipinski definition) is 4. The summed E-state index contributed by atoms with van der Waals surface area (Å²) < 4.78 is 0. The van der Waals surface area contributed by atoms with Crippen LogP contribution in [0.25, 0.3) is 0 Å². The number of benzene rings is 1. The number of likely N-dealkylation sites (tertiary alicyclic amines) is 2. The van der Waals surface area contributed by atoms with Crippen molar-refractivity contribution >= 4 is 5.91 Å². The third-order valence-corrected chi connectivity index (χ3v) is 8.22. The molecule has 1 amide bonds. The van der Waals surface area contributed by atoms with E-state index in [2.05, 4.69) is 45.6 Å². The topological polar surface area (TPSA) is 47.0 Å². The van der Waals surface area contributed by atoms with Crippen LogP contribution in [0.2, 0.25) is 0 Å². The molecule has 4 atom stereocenters. The summed E-state index contributed by atoms with van der Waals surface area (Å²) in [7, 11) is 0. The summed E-state index contributed by atoms with van der Waals surface area (Å²) in [6.45, 7) is 8.88. The number of carbonyl (C=O) groups is 1. The smallest absolute Gasteiger partial charge is 0.229 e. The van der Waals surface area contributed by atoms with Crippen LogP contribution in [0.1, 0.15) is 56.6 Å². The number of amides is 1. The molecule has 3 heterocycles. The van der Waals surface area contributed by atoms with Crippen molar-refractivity contribution in [3.63, 3.8) is 0 Å². The summed E-state index contributed by atoms with van der Waals surface area (Å²) in [5.74, 6) is 0.558. The molecule has 4 aliphatic rings. The van der Waals surface area contributed by atoms with Gasteiger partial charge in [0.1, 0.15) is 5.75 Å². The molecular formula is C29H39N3O2. The maximum Gasteiger partial charge on any atom is 0.229 e. The van der Waals surface area contributed by atoms with Gasteiger partial charge < -0.3 is 10.0 Å². The summed E-state index contributed by atoms with van der Waals surface area (Å²) in [5.41, 5.74) is 2.41. The fourth-order valence-corrected chi connectivity index (χ4v) is 6.55. The van der Waals surface area contributed by atoms with Crippen molar-refractivity contribution in [3.8, 4) is 5.75 Å². The number of carbonyl (C=O) groups excluding carboxylic acids is 1. The predicted octanol–water partition coefficient (Wildman–Crippen LogP) is 4.67. The lowest BCUT2D eigenvalue weighted by molar-refractivity contribution is -0.134. The highest BCUT2D eigenvalue weighted by molar-refractivity contribution is 5.81. The van der Waals surface area contributed by atoms with Crippen LogP contribution in [0.5, 0.6) is 5.75 Å². The molecule has 0 saturated carbocycles. The number of hydrogen-bond donors (Lipinski definition) is 1. The minimum atomic E-state index is -0.0457. The van der Waals surface area contributed by atoms with E-state index in [4.69, 9.17) is 0 Å². The Bertz CT molecular complexity index is 948. The van der Waals surface area contributed by atoms with Gasteiger partial charge in [0.25, 0.3) is 0 Å². The summed E-state index contributed by atoms with van der Waals surface area (Å²) in [6, 6.07) is 8.91. The number of phenols is 1. The van der Waals surface area contributed by atoms with Gasteiger partial charge in [0.05, 0.1) is 12.0 Å². The van der Waals surface area contributed by atoms with Crippen LogP contribution in [0, 0.1) is 5.92 Å². The molecule has 0 spiro atoms. The number of fused-ring (bicyclic) bond motifs is 2. The largest absolute Gasteiger partial charge is 0.508 e. The van der Waals surface area contributed by atoms with Gasteiger partial charge in [-0.25, -0.2) is 0 Å². The zero-order chi connectivity index (χ0) is 23.5. The number of aromatic hydroxyl groups is 1. The molecule has 0 radical (unpaired) electrons. The Hall–Kier alpha value is -2.37. The van der Waals surface area contributed by atoms with Gasteiger partial charge in [0, 0.05) is 44.8 Å². The van der Waals surface area contributed by atoms with Crippen LogP contribution in [0.3, 0.4) is 0 Å². The van der Waals surface area contributed by atoms with Gasteiger partial charge in [0.15, 0.2) is 0 Å². The van der Waals surface area contributed by atoms with Gasteiger partial charge in [-0.3, -0.25) is 14.6 Å². The quantitative estimate of drug-likeness (QED) is 0.626. The first-order valence-electron chi connectivity index (χ1n) is 13.2. The SMILES string of the molecule is C=CCN1CCC2CCC(C1)N2C(C1=CCC(C(=O)N2CCCCC2)C=C1)c1cccc(O)c1. The van der Waals surface area contributed by atoms with Gasteiger partial charge in [-0.1, -0.05) is 36.4 Å². The lowest BCUT2D eigenvalue weighted by Crippen LogP contribution is -2.42. The van der Waals surface area contributed by atoms with E-state index >= 15 is 0 Å². The van der Waals surface area contributed by atoms with Crippen molar-refractivity contribution in [2.75, 3.05) is 32.7 Å².